The minimum atomic E-state index is 0.292. The molecule has 1 saturated heterocycles. The van der Waals surface area contributed by atoms with Gasteiger partial charge in [0.1, 0.15) is 5.15 Å². The highest BCUT2D eigenvalue weighted by Gasteiger charge is 2.18. The first-order chi connectivity index (χ1) is 9.97. The van der Waals surface area contributed by atoms with Gasteiger partial charge in [0.15, 0.2) is 5.13 Å². The zero-order valence-electron chi connectivity index (χ0n) is 12.9. The lowest BCUT2D eigenvalue weighted by molar-refractivity contribution is -0.133. The lowest BCUT2D eigenvalue weighted by atomic mass is 10.1. The molecule has 0 atom stereocenters. The molecule has 5 nitrogen and oxygen atoms in total. The van der Waals surface area contributed by atoms with Gasteiger partial charge in [0.2, 0.25) is 5.91 Å². The molecule has 0 unspecified atom stereocenters. The van der Waals surface area contributed by atoms with Crippen LogP contribution >= 0.6 is 22.9 Å². The third kappa shape index (κ3) is 4.56. The van der Waals surface area contributed by atoms with Crippen LogP contribution in [0, 0.1) is 0 Å². The highest BCUT2D eigenvalue weighted by molar-refractivity contribution is 7.16. The second-order valence-electron chi connectivity index (χ2n) is 5.68. The summed E-state index contributed by atoms with van der Waals surface area (Å²) in [7, 11) is 5.98. The van der Waals surface area contributed by atoms with Gasteiger partial charge >= 0.3 is 0 Å². The Hall–Kier alpha value is -0.850. The number of carbonyl (C=O) groups excluding carboxylic acids is 1. The van der Waals surface area contributed by atoms with Crippen molar-refractivity contribution in [2.75, 3.05) is 45.7 Å². The van der Waals surface area contributed by atoms with Crippen LogP contribution in [0.3, 0.4) is 0 Å². The molecule has 0 aliphatic carbocycles. The van der Waals surface area contributed by atoms with Crippen LogP contribution in [-0.4, -0.2) is 61.5 Å². The average molecular weight is 331 g/mol. The predicted molar refractivity (Wildman–Crippen MR) is 88.2 cm³/mol. The Morgan fingerprint density at radius 2 is 2.10 bits per heavy atom. The van der Waals surface area contributed by atoms with Crippen LogP contribution in [0.4, 0.5) is 5.13 Å². The Bertz CT molecular complexity index is 491. The number of hydrogen-bond donors (Lipinski definition) is 0. The highest BCUT2D eigenvalue weighted by Crippen LogP contribution is 2.29. The Labute approximate surface area is 135 Å². The first-order valence-electron chi connectivity index (χ1n) is 7.26. The summed E-state index contributed by atoms with van der Waals surface area (Å²) in [4.78, 5) is 23.3. The summed E-state index contributed by atoms with van der Waals surface area (Å²) in [5.41, 5.74) is 0. The SMILES string of the molecule is CN(CCN1CCCCC1=O)Cc1sc(N(C)C)nc1Cl. The number of piperidine rings is 1. The van der Waals surface area contributed by atoms with E-state index in [9.17, 15) is 4.79 Å². The molecule has 1 aliphatic heterocycles. The van der Waals surface area contributed by atoms with Gasteiger partial charge in [-0.1, -0.05) is 22.9 Å². The Morgan fingerprint density at radius 1 is 1.33 bits per heavy atom. The molecule has 0 N–H and O–H groups in total. The summed E-state index contributed by atoms with van der Waals surface area (Å²) in [6.45, 7) is 3.33. The number of halogens is 1. The molecule has 2 heterocycles. The third-order valence-electron chi connectivity index (χ3n) is 3.61. The van der Waals surface area contributed by atoms with Crippen LogP contribution in [0.2, 0.25) is 5.15 Å². The van der Waals surface area contributed by atoms with Crippen molar-refractivity contribution in [2.24, 2.45) is 0 Å². The maximum absolute atomic E-state index is 11.8. The number of amides is 1. The number of likely N-dealkylation sites (tertiary alicyclic amines) is 1. The zero-order valence-corrected chi connectivity index (χ0v) is 14.5. The van der Waals surface area contributed by atoms with Crippen LogP contribution in [0.15, 0.2) is 0 Å². The third-order valence-corrected chi connectivity index (χ3v) is 5.24. The monoisotopic (exact) mass is 330 g/mol. The highest BCUT2D eigenvalue weighted by atomic mass is 35.5. The van der Waals surface area contributed by atoms with Crippen LogP contribution in [0.1, 0.15) is 24.1 Å². The maximum Gasteiger partial charge on any atom is 0.222 e. The molecular weight excluding hydrogens is 308 g/mol. The molecule has 1 aliphatic rings. The van der Waals surface area contributed by atoms with E-state index in [1.807, 2.05) is 23.9 Å². The van der Waals surface area contributed by atoms with Crippen LogP contribution in [0.5, 0.6) is 0 Å². The number of aromatic nitrogens is 1. The maximum atomic E-state index is 11.8. The summed E-state index contributed by atoms with van der Waals surface area (Å²) in [6.07, 6.45) is 2.87. The number of anilines is 1. The molecule has 0 spiro atoms. The van der Waals surface area contributed by atoms with E-state index in [2.05, 4.69) is 16.9 Å². The van der Waals surface area contributed by atoms with Gasteiger partial charge in [-0.25, -0.2) is 4.98 Å². The van der Waals surface area contributed by atoms with Crippen molar-refractivity contribution in [3.63, 3.8) is 0 Å². The molecule has 21 heavy (non-hydrogen) atoms. The molecule has 118 valence electrons. The van der Waals surface area contributed by atoms with Crippen LogP contribution < -0.4 is 4.90 Å². The fraction of sp³-hybridized carbons (Fsp3) is 0.714. The normalized spacial score (nSPS) is 15.9. The van der Waals surface area contributed by atoms with Crippen molar-refractivity contribution < 1.29 is 4.79 Å². The summed E-state index contributed by atoms with van der Waals surface area (Å²) in [5, 5.41) is 1.51. The van der Waals surface area contributed by atoms with E-state index in [1.165, 1.54) is 0 Å². The van der Waals surface area contributed by atoms with Gasteiger partial charge in [0.25, 0.3) is 0 Å². The van der Waals surface area contributed by atoms with Crippen molar-refractivity contribution >= 4 is 34.0 Å². The Kier molecular flexibility index (Phi) is 5.84. The molecule has 2 rings (SSSR count). The van der Waals surface area contributed by atoms with E-state index in [-0.39, 0.29) is 0 Å². The number of thiazole rings is 1. The van der Waals surface area contributed by atoms with Crippen molar-refractivity contribution in [1.29, 1.82) is 0 Å². The largest absolute Gasteiger partial charge is 0.354 e. The van der Waals surface area contributed by atoms with Gasteiger partial charge in [-0.15, -0.1) is 0 Å². The summed E-state index contributed by atoms with van der Waals surface area (Å²) >= 11 is 7.81. The van der Waals surface area contributed by atoms with Crippen LogP contribution in [-0.2, 0) is 11.3 Å². The molecule has 0 saturated carbocycles. The van der Waals surface area contributed by atoms with Crippen molar-refractivity contribution in [3.05, 3.63) is 10.0 Å². The Balaban J connectivity index is 1.84. The van der Waals surface area contributed by atoms with Gasteiger partial charge < -0.3 is 9.80 Å². The summed E-state index contributed by atoms with van der Waals surface area (Å²) in [6, 6.07) is 0. The number of rotatable bonds is 6. The van der Waals surface area contributed by atoms with E-state index in [0.717, 1.165) is 49.0 Å². The molecule has 1 fully saturated rings. The number of carbonyl (C=O) groups is 1. The fourth-order valence-electron chi connectivity index (χ4n) is 2.32. The molecule has 1 aromatic rings. The van der Waals surface area contributed by atoms with E-state index in [0.29, 0.717) is 17.5 Å². The molecule has 0 bridgehead atoms. The quantitative estimate of drug-likeness (QED) is 0.802. The molecule has 0 radical (unpaired) electrons. The second-order valence-corrected chi connectivity index (χ2v) is 7.10. The van der Waals surface area contributed by atoms with E-state index < -0.39 is 0 Å². The topological polar surface area (TPSA) is 39.7 Å². The van der Waals surface area contributed by atoms with Gasteiger partial charge in [0, 0.05) is 46.7 Å². The minimum absolute atomic E-state index is 0.292. The Morgan fingerprint density at radius 3 is 2.71 bits per heavy atom. The van der Waals surface area contributed by atoms with Crippen molar-refractivity contribution in [2.45, 2.75) is 25.8 Å². The van der Waals surface area contributed by atoms with Gasteiger partial charge in [0.05, 0.1) is 4.88 Å². The molecule has 0 aromatic carbocycles. The number of hydrogen-bond acceptors (Lipinski definition) is 5. The lowest BCUT2D eigenvalue weighted by Gasteiger charge is -2.28. The van der Waals surface area contributed by atoms with E-state index in [4.69, 9.17) is 11.6 Å². The molecule has 1 aromatic heterocycles. The first kappa shape index (κ1) is 16.5. The van der Waals surface area contributed by atoms with Crippen molar-refractivity contribution in [3.8, 4) is 0 Å². The van der Waals surface area contributed by atoms with Crippen molar-refractivity contribution in [1.82, 2.24) is 14.8 Å². The van der Waals surface area contributed by atoms with E-state index in [1.54, 1.807) is 11.3 Å². The smallest absolute Gasteiger partial charge is 0.222 e. The van der Waals surface area contributed by atoms with Gasteiger partial charge in [-0.3, -0.25) is 9.69 Å². The summed E-state index contributed by atoms with van der Waals surface area (Å²) in [5.74, 6) is 0.292. The fourth-order valence-corrected chi connectivity index (χ4v) is 3.58. The predicted octanol–water partition coefficient (Wildman–Crippen LogP) is 2.31. The molecule has 1 amide bonds. The molecule has 7 heteroatoms. The molecular formula is C14H23ClN4OS. The average Bonchev–Trinajstić information content (AvgIpc) is 2.79. The van der Waals surface area contributed by atoms with Gasteiger partial charge in [-0.2, -0.15) is 0 Å². The first-order valence-corrected chi connectivity index (χ1v) is 8.45. The second kappa shape index (κ2) is 7.42. The minimum Gasteiger partial charge on any atom is -0.354 e. The zero-order chi connectivity index (χ0) is 15.4. The number of likely N-dealkylation sites (N-methyl/N-ethyl adjacent to an activating group) is 1. The number of nitrogens with zero attached hydrogens (tertiary/aromatic N) is 4. The van der Waals surface area contributed by atoms with Gasteiger partial charge in [-0.05, 0) is 19.9 Å². The van der Waals surface area contributed by atoms with Crippen LogP contribution in [0.25, 0.3) is 0 Å². The lowest BCUT2D eigenvalue weighted by Crippen LogP contribution is -2.40. The summed E-state index contributed by atoms with van der Waals surface area (Å²) < 4.78 is 0. The van der Waals surface area contributed by atoms with E-state index >= 15 is 0 Å². The standard InChI is InChI=1S/C14H23ClN4OS/c1-17(2)14-16-13(15)11(21-14)10-18(3)8-9-19-7-5-4-6-12(19)20/h4-10H2,1-3H3.